The van der Waals surface area contributed by atoms with Crippen LogP contribution in [0.1, 0.15) is 23.1 Å². The van der Waals surface area contributed by atoms with Crippen molar-refractivity contribution in [1.29, 1.82) is 0 Å². The Morgan fingerprint density at radius 1 is 1.19 bits per heavy atom. The number of rotatable bonds is 4. The van der Waals surface area contributed by atoms with Gasteiger partial charge in [-0.15, -0.1) is 0 Å². The number of hydrogen-bond acceptors (Lipinski definition) is 3. The summed E-state index contributed by atoms with van der Waals surface area (Å²) >= 11 is 6.09. The molecule has 5 heteroatoms. The van der Waals surface area contributed by atoms with Crippen LogP contribution in [0.3, 0.4) is 0 Å². The first-order valence-electron chi connectivity index (χ1n) is 6.92. The van der Waals surface area contributed by atoms with Gasteiger partial charge in [0.25, 0.3) is 5.69 Å². The van der Waals surface area contributed by atoms with E-state index < -0.39 is 4.92 Å². The fourth-order valence-electron chi connectivity index (χ4n) is 2.77. The molecule has 0 aliphatic heterocycles. The summed E-state index contributed by atoms with van der Waals surface area (Å²) in [5.74, 6) is 0. The Labute approximate surface area is 127 Å². The molecule has 2 aromatic carbocycles. The van der Waals surface area contributed by atoms with E-state index in [1.54, 1.807) is 12.1 Å². The molecule has 0 fully saturated rings. The van der Waals surface area contributed by atoms with Gasteiger partial charge in [-0.25, -0.2) is 0 Å². The van der Waals surface area contributed by atoms with Crippen LogP contribution in [-0.4, -0.2) is 4.92 Å². The van der Waals surface area contributed by atoms with Crippen molar-refractivity contribution in [3.63, 3.8) is 0 Å². The van der Waals surface area contributed by atoms with Crippen LogP contribution in [0.25, 0.3) is 0 Å². The highest BCUT2D eigenvalue weighted by molar-refractivity contribution is 6.31. The lowest BCUT2D eigenvalue weighted by atomic mass is 10.1. The number of halogens is 1. The second-order valence-corrected chi connectivity index (χ2v) is 5.59. The Bertz CT molecular complexity index is 701. The van der Waals surface area contributed by atoms with E-state index in [-0.39, 0.29) is 5.69 Å². The van der Waals surface area contributed by atoms with Crippen molar-refractivity contribution in [3.8, 4) is 0 Å². The predicted molar refractivity (Wildman–Crippen MR) is 83.9 cm³/mol. The zero-order valence-electron chi connectivity index (χ0n) is 11.4. The summed E-state index contributed by atoms with van der Waals surface area (Å²) in [5.41, 5.74) is 4.32. The summed E-state index contributed by atoms with van der Waals surface area (Å²) in [6.45, 7) is 0.342. The number of benzene rings is 2. The first-order valence-corrected chi connectivity index (χ1v) is 7.30. The molecule has 0 spiro atoms. The third-order valence-electron chi connectivity index (χ3n) is 3.86. The topological polar surface area (TPSA) is 55.2 Å². The van der Waals surface area contributed by atoms with E-state index in [2.05, 4.69) is 17.4 Å². The predicted octanol–water partition coefficient (Wildman–Crippen LogP) is 4.35. The van der Waals surface area contributed by atoms with Crippen LogP contribution in [-0.2, 0) is 19.4 Å². The standard InChI is InChI=1S/C16H15ClN2O2/c17-15-5-2-6-16(19(20)21)14(15)10-18-13-8-7-11-3-1-4-12(11)9-13/h2,5-9,18H,1,3-4,10H2. The molecule has 0 amide bonds. The van der Waals surface area contributed by atoms with E-state index in [1.807, 2.05) is 6.07 Å². The number of aryl methyl sites for hydroxylation is 2. The van der Waals surface area contributed by atoms with Crippen molar-refractivity contribution in [2.75, 3.05) is 5.32 Å². The summed E-state index contributed by atoms with van der Waals surface area (Å²) in [4.78, 5) is 10.7. The minimum absolute atomic E-state index is 0.0520. The molecule has 0 atom stereocenters. The Hall–Kier alpha value is -2.07. The van der Waals surface area contributed by atoms with E-state index in [1.165, 1.54) is 23.6 Å². The van der Waals surface area contributed by atoms with Gasteiger partial charge in [-0.3, -0.25) is 10.1 Å². The van der Waals surface area contributed by atoms with Gasteiger partial charge in [0.15, 0.2) is 0 Å². The molecule has 0 radical (unpaired) electrons. The number of nitro groups is 1. The third kappa shape index (κ3) is 2.85. The van der Waals surface area contributed by atoms with E-state index in [0.29, 0.717) is 17.1 Å². The lowest BCUT2D eigenvalue weighted by Gasteiger charge is -2.10. The second-order valence-electron chi connectivity index (χ2n) is 5.19. The van der Waals surface area contributed by atoms with E-state index in [9.17, 15) is 10.1 Å². The summed E-state index contributed by atoms with van der Waals surface area (Å²) in [7, 11) is 0. The monoisotopic (exact) mass is 302 g/mol. The highest BCUT2D eigenvalue weighted by Crippen LogP contribution is 2.28. The minimum atomic E-state index is -0.397. The van der Waals surface area contributed by atoms with Gasteiger partial charge in [-0.2, -0.15) is 0 Å². The first kappa shape index (κ1) is 13.9. The molecule has 21 heavy (non-hydrogen) atoms. The maximum atomic E-state index is 11.1. The van der Waals surface area contributed by atoms with Gasteiger partial charge in [0.2, 0.25) is 0 Å². The van der Waals surface area contributed by atoms with Gasteiger partial charge < -0.3 is 5.32 Å². The number of anilines is 1. The molecule has 0 saturated carbocycles. The minimum Gasteiger partial charge on any atom is -0.381 e. The molecular weight excluding hydrogens is 288 g/mol. The van der Waals surface area contributed by atoms with Crippen LogP contribution < -0.4 is 5.32 Å². The fourth-order valence-corrected chi connectivity index (χ4v) is 3.00. The zero-order chi connectivity index (χ0) is 14.8. The first-order chi connectivity index (χ1) is 10.1. The van der Waals surface area contributed by atoms with Crippen LogP contribution in [0.4, 0.5) is 11.4 Å². The van der Waals surface area contributed by atoms with E-state index in [0.717, 1.165) is 18.5 Å². The van der Waals surface area contributed by atoms with Gasteiger partial charge in [0.05, 0.1) is 15.5 Å². The van der Waals surface area contributed by atoms with Crippen molar-refractivity contribution >= 4 is 23.0 Å². The molecule has 0 unspecified atom stereocenters. The second kappa shape index (κ2) is 5.74. The van der Waals surface area contributed by atoms with Crippen molar-refractivity contribution < 1.29 is 4.92 Å². The SMILES string of the molecule is O=[N+]([O-])c1cccc(Cl)c1CNc1ccc2c(c1)CCC2. The molecule has 0 bridgehead atoms. The van der Waals surface area contributed by atoms with Crippen molar-refractivity contribution in [3.05, 3.63) is 68.2 Å². The fraction of sp³-hybridized carbons (Fsp3) is 0.250. The molecule has 108 valence electrons. The van der Waals surface area contributed by atoms with Gasteiger partial charge in [-0.1, -0.05) is 23.7 Å². The number of nitrogens with zero attached hydrogens (tertiary/aromatic N) is 1. The zero-order valence-corrected chi connectivity index (χ0v) is 12.2. The third-order valence-corrected chi connectivity index (χ3v) is 4.21. The number of fused-ring (bicyclic) bond motifs is 1. The van der Waals surface area contributed by atoms with Gasteiger partial charge in [-0.05, 0) is 48.6 Å². The molecule has 2 aromatic rings. The molecule has 0 aromatic heterocycles. The molecule has 0 saturated heterocycles. The molecule has 3 rings (SSSR count). The quantitative estimate of drug-likeness (QED) is 0.675. The average molecular weight is 303 g/mol. The summed E-state index contributed by atoms with van der Waals surface area (Å²) in [6, 6.07) is 11.0. The van der Waals surface area contributed by atoms with Crippen LogP contribution >= 0.6 is 11.6 Å². The van der Waals surface area contributed by atoms with Crippen molar-refractivity contribution in [1.82, 2.24) is 0 Å². The van der Waals surface area contributed by atoms with Crippen LogP contribution in [0.5, 0.6) is 0 Å². The highest BCUT2D eigenvalue weighted by atomic mass is 35.5. The Balaban J connectivity index is 1.80. The molecule has 1 aliphatic rings. The number of nitrogens with one attached hydrogen (secondary N) is 1. The molecular formula is C16H15ClN2O2. The Kier molecular flexibility index (Phi) is 3.80. The summed E-state index contributed by atoms with van der Waals surface area (Å²) in [5, 5.41) is 14.7. The van der Waals surface area contributed by atoms with E-state index >= 15 is 0 Å². The van der Waals surface area contributed by atoms with Gasteiger partial charge >= 0.3 is 0 Å². The number of nitro benzene ring substituents is 1. The van der Waals surface area contributed by atoms with E-state index in [4.69, 9.17) is 11.6 Å². The number of hydrogen-bond donors (Lipinski definition) is 1. The van der Waals surface area contributed by atoms with Gasteiger partial charge in [0, 0.05) is 18.3 Å². The molecule has 4 nitrogen and oxygen atoms in total. The van der Waals surface area contributed by atoms with Crippen LogP contribution in [0.15, 0.2) is 36.4 Å². The maximum Gasteiger partial charge on any atom is 0.275 e. The highest BCUT2D eigenvalue weighted by Gasteiger charge is 2.16. The maximum absolute atomic E-state index is 11.1. The smallest absolute Gasteiger partial charge is 0.275 e. The van der Waals surface area contributed by atoms with Crippen LogP contribution in [0.2, 0.25) is 5.02 Å². The van der Waals surface area contributed by atoms with Gasteiger partial charge in [0.1, 0.15) is 0 Å². The molecule has 0 heterocycles. The van der Waals surface area contributed by atoms with Crippen molar-refractivity contribution in [2.24, 2.45) is 0 Å². The van der Waals surface area contributed by atoms with Crippen LogP contribution in [0, 0.1) is 10.1 Å². The molecule has 1 aliphatic carbocycles. The normalized spacial score (nSPS) is 13.0. The Morgan fingerprint density at radius 3 is 2.81 bits per heavy atom. The largest absolute Gasteiger partial charge is 0.381 e. The summed E-state index contributed by atoms with van der Waals surface area (Å²) in [6.07, 6.45) is 3.46. The Morgan fingerprint density at radius 2 is 2.00 bits per heavy atom. The lowest BCUT2D eigenvalue weighted by Crippen LogP contribution is -2.04. The lowest BCUT2D eigenvalue weighted by molar-refractivity contribution is -0.385. The molecule has 1 N–H and O–H groups in total. The average Bonchev–Trinajstić information content (AvgIpc) is 2.93. The summed E-state index contributed by atoms with van der Waals surface area (Å²) < 4.78 is 0. The van der Waals surface area contributed by atoms with Crippen molar-refractivity contribution in [2.45, 2.75) is 25.8 Å².